The largest absolute Gasteiger partial charge is 0.481 e. The van der Waals surface area contributed by atoms with Gasteiger partial charge >= 0.3 is 0 Å². The van der Waals surface area contributed by atoms with Gasteiger partial charge in [0.2, 0.25) is 5.88 Å². The summed E-state index contributed by atoms with van der Waals surface area (Å²) < 4.78 is 5.10. The number of hydrogen-bond donors (Lipinski definition) is 1. The number of pyridine rings is 1. The first-order chi connectivity index (χ1) is 8.33. The quantitative estimate of drug-likeness (QED) is 0.820. The average Bonchev–Trinajstić information content (AvgIpc) is 2.84. The minimum absolute atomic E-state index is 0.648. The van der Waals surface area contributed by atoms with Gasteiger partial charge < -0.3 is 10.1 Å². The first-order valence-electron chi connectivity index (χ1n) is 6.14. The molecule has 1 aliphatic rings. The van der Waals surface area contributed by atoms with Crippen molar-refractivity contribution in [3.63, 3.8) is 0 Å². The maximum absolute atomic E-state index is 5.97. The number of ether oxygens (including phenoxy) is 1. The Morgan fingerprint density at radius 3 is 3.00 bits per heavy atom. The van der Waals surface area contributed by atoms with E-state index in [9.17, 15) is 0 Å². The van der Waals surface area contributed by atoms with E-state index in [2.05, 4.69) is 10.3 Å². The van der Waals surface area contributed by atoms with Gasteiger partial charge in [-0.2, -0.15) is 4.98 Å². The second-order valence-electron chi connectivity index (χ2n) is 4.55. The van der Waals surface area contributed by atoms with Crippen molar-refractivity contribution in [2.75, 3.05) is 24.9 Å². The van der Waals surface area contributed by atoms with Crippen LogP contribution in [-0.2, 0) is 0 Å². The fourth-order valence-corrected chi connectivity index (χ4v) is 2.85. The molecule has 1 heterocycles. The van der Waals surface area contributed by atoms with Crippen molar-refractivity contribution >= 4 is 17.4 Å². The van der Waals surface area contributed by atoms with Crippen LogP contribution < -0.4 is 10.1 Å². The van der Waals surface area contributed by atoms with Crippen LogP contribution in [0.25, 0.3) is 0 Å². The highest BCUT2D eigenvalue weighted by molar-refractivity contribution is 6.18. The minimum atomic E-state index is 0.648. The molecule has 1 aliphatic carbocycles. The zero-order valence-corrected chi connectivity index (χ0v) is 10.9. The van der Waals surface area contributed by atoms with E-state index in [4.69, 9.17) is 16.3 Å². The van der Waals surface area contributed by atoms with Crippen molar-refractivity contribution in [2.45, 2.75) is 19.3 Å². The number of alkyl halides is 1. The van der Waals surface area contributed by atoms with Gasteiger partial charge in [0.1, 0.15) is 5.82 Å². The van der Waals surface area contributed by atoms with Gasteiger partial charge in [-0.25, -0.2) is 0 Å². The molecule has 0 spiro atoms. The third kappa shape index (κ3) is 3.25. The van der Waals surface area contributed by atoms with E-state index in [-0.39, 0.29) is 0 Å². The average molecular weight is 255 g/mol. The van der Waals surface area contributed by atoms with Gasteiger partial charge in [0.05, 0.1) is 7.11 Å². The molecule has 2 atom stereocenters. The number of anilines is 1. The van der Waals surface area contributed by atoms with Gasteiger partial charge in [-0.3, -0.25) is 0 Å². The monoisotopic (exact) mass is 254 g/mol. The summed E-state index contributed by atoms with van der Waals surface area (Å²) in [5.74, 6) is 3.65. The predicted molar refractivity (Wildman–Crippen MR) is 70.8 cm³/mol. The van der Waals surface area contributed by atoms with E-state index in [1.54, 1.807) is 7.11 Å². The van der Waals surface area contributed by atoms with Crippen LogP contribution in [0.1, 0.15) is 19.3 Å². The van der Waals surface area contributed by atoms with Crippen molar-refractivity contribution < 1.29 is 4.74 Å². The zero-order valence-electron chi connectivity index (χ0n) is 10.2. The number of halogens is 1. The van der Waals surface area contributed by atoms with Crippen LogP contribution in [-0.4, -0.2) is 24.5 Å². The Morgan fingerprint density at radius 1 is 1.41 bits per heavy atom. The van der Waals surface area contributed by atoms with Crippen LogP contribution in [0, 0.1) is 11.8 Å². The maximum atomic E-state index is 5.97. The van der Waals surface area contributed by atoms with Crippen molar-refractivity contribution in [3.05, 3.63) is 18.2 Å². The molecule has 0 radical (unpaired) electrons. The normalized spacial score (nSPS) is 23.6. The van der Waals surface area contributed by atoms with Crippen LogP contribution in [0.15, 0.2) is 18.2 Å². The third-order valence-electron chi connectivity index (χ3n) is 3.49. The SMILES string of the molecule is COc1cccc(NCC2CCCC2CCl)n1. The summed E-state index contributed by atoms with van der Waals surface area (Å²) in [4.78, 5) is 4.34. The van der Waals surface area contributed by atoms with Crippen LogP contribution in [0.5, 0.6) is 5.88 Å². The molecule has 3 nitrogen and oxygen atoms in total. The topological polar surface area (TPSA) is 34.1 Å². The molecular formula is C13H19ClN2O. The smallest absolute Gasteiger partial charge is 0.214 e. The first-order valence-corrected chi connectivity index (χ1v) is 6.68. The van der Waals surface area contributed by atoms with E-state index in [0.29, 0.717) is 17.7 Å². The molecule has 17 heavy (non-hydrogen) atoms. The summed E-state index contributed by atoms with van der Waals surface area (Å²) in [7, 11) is 1.63. The number of nitrogens with zero attached hydrogens (tertiary/aromatic N) is 1. The van der Waals surface area contributed by atoms with Gasteiger partial charge in [0.15, 0.2) is 0 Å². The highest BCUT2D eigenvalue weighted by Crippen LogP contribution is 2.32. The second kappa shape index (κ2) is 6.10. The van der Waals surface area contributed by atoms with E-state index in [1.807, 2.05) is 18.2 Å². The van der Waals surface area contributed by atoms with Crippen molar-refractivity contribution in [1.82, 2.24) is 4.98 Å². The molecule has 1 fully saturated rings. The molecule has 1 N–H and O–H groups in total. The first kappa shape index (κ1) is 12.5. The lowest BCUT2D eigenvalue weighted by Crippen LogP contribution is -2.19. The van der Waals surface area contributed by atoms with Gasteiger partial charge in [0.25, 0.3) is 0 Å². The number of nitrogens with one attached hydrogen (secondary N) is 1. The molecule has 94 valence electrons. The van der Waals surface area contributed by atoms with Crippen LogP contribution in [0.4, 0.5) is 5.82 Å². The fourth-order valence-electron chi connectivity index (χ4n) is 2.45. The van der Waals surface area contributed by atoms with Crippen LogP contribution in [0.3, 0.4) is 0 Å². The van der Waals surface area contributed by atoms with Crippen molar-refractivity contribution in [3.8, 4) is 5.88 Å². The Bertz CT molecular complexity index is 359. The van der Waals surface area contributed by atoms with E-state index < -0.39 is 0 Å². The number of rotatable bonds is 5. The molecule has 1 aromatic rings. The van der Waals surface area contributed by atoms with E-state index in [1.165, 1.54) is 19.3 Å². The zero-order chi connectivity index (χ0) is 12.1. The molecular weight excluding hydrogens is 236 g/mol. The molecule has 0 aliphatic heterocycles. The Morgan fingerprint density at radius 2 is 2.24 bits per heavy atom. The summed E-state index contributed by atoms with van der Waals surface area (Å²) in [6, 6.07) is 5.76. The minimum Gasteiger partial charge on any atom is -0.481 e. The summed E-state index contributed by atoms with van der Waals surface area (Å²) >= 11 is 5.97. The molecule has 0 amide bonds. The maximum Gasteiger partial charge on any atom is 0.214 e. The molecule has 2 unspecified atom stereocenters. The predicted octanol–water partition coefficient (Wildman–Crippen LogP) is 3.16. The third-order valence-corrected chi connectivity index (χ3v) is 3.89. The lowest BCUT2D eigenvalue weighted by Gasteiger charge is -2.18. The van der Waals surface area contributed by atoms with Gasteiger partial charge in [-0.15, -0.1) is 11.6 Å². The van der Waals surface area contributed by atoms with Crippen LogP contribution >= 0.6 is 11.6 Å². The molecule has 0 saturated heterocycles. The molecule has 4 heteroatoms. The summed E-state index contributed by atoms with van der Waals surface area (Å²) in [6.07, 6.45) is 3.84. The second-order valence-corrected chi connectivity index (χ2v) is 4.86. The van der Waals surface area contributed by atoms with Crippen LogP contribution in [0.2, 0.25) is 0 Å². The Balaban J connectivity index is 1.88. The van der Waals surface area contributed by atoms with Gasteiger partial charge in [-0.1, -0.05) is 12.5 Å². The standard InChI is InChI=1S/C13H19ClN2O/c1-17-13-7-3-6-12(16-13)15-9-11-5-2-4-10(11)8-14/h3,6-7,10-11H,2,4-5,8-9H2,1H3,(H,15,16). The summed E-state index contributed by atoms with van der Waals surface area (Å²) in [5.41, 5.74) is 0. The van der Waals surface area contributed by atoms with E-state index >= 15 is 0 Å². The number of hydrogen-bond acceptors (Lipinski definition) is 3. The Labute approximate surface area is 108 Å². The van der Waals surface area contributed by atoms with Gasteiger partial charge in [0, 0.05) is 18.5 Å². The highest BCUT2D eigenvalue weighted by atomic mass is 35.5. The van der Waals surface area contributed by atoms with Gasteiger partial charge in [-0.05, 0) is 30.7 Å². The lowest BCUT2D eigenvalue weighted by molar-refractivity contribution is 0.398. The van der Waals surface area contributed by atoms with E-state index in [0.717, 1.165) is 18.2 Å². The molecule has 1 saturated carbocycles. The Kier molecular flexibility index (Phi) is 4.49. The molecule has 0 bridgehead atoms. The molecule has 2 rings (SSSR count). The number of methoxy groups -OCH3 is 1. The lowest BCUT2D eigenvalue weighted by atomic mass is 9.98. The number of aromatic nitrogens is 1. The molecule has 1 aromatic heterocycles. The van der Waals surface area contributed by atoms with Crippen molar-refractivity contribution in [2.24, 2.45) is 11.8 Å². The summed E-state index contributed by atoms with van der Waals surface area (Å²) in [5, 5.41) is 3.38. The summed E-state index contributed by atoms with van der Waals surface area (Å²) in [6.45, 7) is 0.956. The Hall–Kier alpha value is -0.960. The highest BCUT2D eigenvalue weighted by Gasteiger charge is 2.26. The van der Waals surface area contributed by atoms with Crippen molar-refractivity contribution in [1.29, 1.82) is 0 Å². The fraction of sp³-hybridized carbons (Fsp3) is 0.615. The molecule has 0 aromatic carbocycles.